The molecule has 2 saturated heterocycles. The summed E-state index contributed by atoms with van der Waals surface area (Å²) in [7, 11) is 0. The van der Waals surface area contributed by atoms with Gasteiger partial charge in [0.2, 0.25) is 0 Å². The number of carboxylic acid groups (broad SMARTS) is 1. The van der Waals surface area contributed by atoms with Gasteiger partial charge in [-0.1, -0.05) is 20.8 Å². The fraction of sp³-hybridized carbons (Fsp3) is 0.722. The summed E-state index contributed by atoms with van der Waals surface area (Å²) in [5.41, 5.74) is -0.357. The van der Waals surface area contributed by atoms with Crippen molar-refractivity contribution in [2.45, 2.75) is 63.5 Å². The molecule has 3 heterocycles. The number of amides is 1. The van der Waals surface area contributed by atoms with Crippen LogP contribution in [0.2, 0.25) is 0 Å². The van der Waals surface area contributed by atoms with Crippen molar-refractivity contribution in [2.75, 3.05) is 19.7 Å². The number of ether oxygens (including phenoxy) is 1. The molecule has 1 aromatic heterocycles. The largest absolute Gasteiger partial charge is 0.479 e. The highest BCUT2D eigenvalue weighted by Crippen LogP contribution is 2.32. The normalized spacial score (nSPS) is 23.6. The Balaban J connectivity index is 1.76. The molecular formula is C18H27N3O4. The summed E-state index contributed by atoms with van der Waals surface area (Å²) in [6, 6.07) is 1.88. The van der Waals surface area contributed by atoms with Crippen molar-refractivity contribution in [1.82, 2.24) is 14.7 Å². The molecule has 2 aliphatic heterocycles. The molecule has 7 heteroatoms. The summed E-state index contributed by atoms with van der Waals surface area (Å²) in [6.07, 6.45) is 3.78. The number of aromatic nitrogens is 2. The lowest BCUT2D eigenvalue weighted by Crippen LogP contribution is -2.54. The molecule has 1 N–H and O–H groups in total. The van der Waals surface area contributed by atoms with Crippen molar-refractivity contribution in [3.8, 4) is 0 Å². The van der Waals surface area contributed by atoms with Crippen molar-refractivity contribution >= 4 is 11.9 Å². The highest BCUT2D eigenvalue weighted by molar-refractivity contribution is 5.82. The molecule has 2 fully saturated rings. The van der Waals surface area contributed by atoms with Gasteiger partial charge in [0, 0.05) is 44.1 Å². The van der Waals surface area contributed by atoms with Crippen molar-refractivity contribution in [2.24, 2.45) is 0 Å². The van der Waals surface area contributed by atoms with E-state index < -0.39 is 11.5 Å². The van der Waals surface area contributed by atoms with Gasteiger partial charge >= 0.3 is 5.97 Å². The van der Waals surface area contributed by atoms with E-state index in [9.17, 15) is 14.7 Å². The summed E-state index contributed by atoms with van der Waals surface area (Å²) in [5.74, 6) is -0.896. The Labute approximate surface area is 147 Å². The summed E-state index contributed by atoms with van der Waals surface area (Å²) in [5, 5.41) is 14.5. The SMILES string of the molecule is CC(C)(C)c1ccn(C2(C(=O)O)CCN(C(=O)C3CCCO3)CC2)n1. The Hall–Kier alpha value is -1.89. The second-order valence-electron chi connectivity index (χ2n) is 8.06. The number of hydrogen-bond acceptors (Lipinski definition) is 4. The van der Waals surface area contributed by atoms with Crippen LogP contribution in [0.5, 0.6) is 0 Å². The van der Waals surface area contributed by atoms with Gasteiger partial charge in [-0.3, -0.25) is 9.48 Å². The highest BCUT2D eigenvalue weighted by Gasteiger charge is 2.46. The van der Waals surface area contributed by atoms with E-state index in [-0.39, 0.29) is 17.4 Å². The zero-order chi connectivity index (χ0) is 18.2. The van der Waals surface area contributed by atoms with E-state index in [1.807, 2.05) is 6.07 Å². The second-order valence-corrected chi connectivity index (χ2v) is 8.06. The smallest absolute Gasteiger partial charge is 0.331 e. The highest BCUT2D eigenvalue weighted by atomic mass is 16.5. The average molecular weight is 349 g/mol. The van der Waals surface area contributed by atoms with Crippen LogP contribution in [0.3, 0.4) is 0 Å². The van der Waals surface area contributed by atoms with Gasteiger partial charge in [0.1, 0.15) is 6.10 Å². The number of nitrogens with zero attached hydrogens (tertiary/aromatic N) is 3. The first-order chi connectivity index (χ1) is 11.7. The molecule has 1 aromatic rings. The molecule has 1 amide bonds. The van der Waals surface area contributed by atoms with Crippen LogP contribution in [0.25, 0.3) is 0 Å². The lowest BCUT2D eigenvalue weighted by molar-refractivity contribution is -0.155. The number of aliphatic carboxylic acids is 1. The number of piperidine rings is 1. The van der Waals surface area contributed by atoms with Crippen LogP contribution in [0.15, 0.2) is 12.3 Å². The first-order valence-corrected chi connectivity index (χ1v) is 8.94. The van der Waals surface area contributed by atoms with Crippen LogP contribution in [0, 0.1) is 0 Å². The molecule has 0 aliphatic carbocycles. The third kappa shape index (κ3) is 3.29. The molecule has 0 bridgehead atoms. The van der Waals surface area contributed by atoms with Crippen molar-refractivity contribution < 1.29 is 19.4 Å². The van der Waals surface area contributed by atoms with Crippen LogP contribution in [0.4, 0.5) is 0 Å². The van der Waals surface area contributed by atoms with Crippen LogP contribution in [-0.4, -0.2) is 57.5 Å². The van der Waals surface area contributed by atoms with Gasteiger partial charge in [-0.25, -0.2) is 4.79 Å². The van der Waals surface area contributed by atoms with Gasteiger partial charge in [0.05, 0.1) is 5.69 Å². The summed E-state index contributed by atoms with van der Waals surface area (Å²) in [4.78, 5) is 26.3. The Morgan fingerprint density at radius 3 is 2.48 bits per heavy atom. The molecule has 138 valence electrons. The first-order valence-electron chi connectivity index (χ1n) is 8.94. The lowest BCUT2D eigenvalue weighted by atomic mass is 9.87. The van der Waals surface area contributed by atoms with E-state index in [2.05, 4.69) is 25.9 Å². The van der Waals surface area contributed by atoms with Crippen molar-refractivity contribution in [3.63, 3.8) is 0 Å². The molecule has 1 unspecified atom stereocenters. The molecule has 0 spiro atoms. The van der Waals surface area contributed by atoms with E-state index in [0.29, 0.717) is 32.5 Å². The van der Waals surface area contributed by atoms with Gasteiger partial charge < -0.3 is 14.7 Å². The molecule has 7 nitrogen and oxygen atoms in total. The monoisotopic (exact) mass is 349 g/mol. The fourth-order valence-corrected chi connectivity index (χ4v) is 3.58. The van der Waals surface area contributed by atoms with Gasteiger partial charge in [-0.2, -0.15) is 5.10 Å². The molecule has 2 aliphatic rings. The van der Waals surface area contributed by atoms with E-state index in [1.54, 1.807) is 15.8 Å². The minimum absolute atomic E-state index is 0.00710. The maximum Gasteiger partial charge on any atom is 0.331 e. The third-order valence-corrected chi connectivity index (χ3v) is 5.30. The Bertz CT molecular complexity index is 648. The predicted octanol–water partition coefficient (Wildman–Crippen LogP) is 1.76. The zero-order valence-corrected chi connectivity index (χ0v) is 15.2. The number of rotatable bonds is 3. The van der Waals surface area contributed by atoms with E-state index >= 15 is 0 Å². The van der Waals surface area contributed by atoms with Crippen molar-refractivity contribution in [3.05, 3.63) is 18.0 Å². The van der Waals surface area contributed by atoms with Crippen molar-refractivity contribution in [1.29, 1.82) is 0 Å². The van der Waals surface area contributed by atoms with Crippen LogP contribution < -0.4 is 0 Å². The van der Waals surface area contributed by atoms with Crippen LogP contribution in [-0.2, 0) is 25.3 Å². The standard InChI is InChI=1S/C18H27N3O4/c1-17(2,3)14-6-9-21(19-14)18(16(23)24)7-10-20(11-8-18)15(22)13-5-4-12-25-13/h6,9,13H,4-5,7-8,10-12H2,1-3H3,(H,23,24). The van der Waals surface area contributed by atoms with Gasteiger partial charge in [0.25, 0.3) is 5.91 Å². The quantitative estimate of drug-likeness (QED) is 0.899. The number of hydrogen-bond donors (Lipinski definition) is 1. The topological polar surface area (TPSA) is 84.7 Å². The molecule has 0 radical (unpaired) electrons. The van der Waals surface area contributed by atoms with E-state index in [4.69, 9.17) is 4.74 Å². The maximum atomic E-state index is 12.5. The minimum Gasteiger partial charge on any atom is -0.479 e. The molecule has 0 aromatic carbocycles. The predicted molar refractivity (Wildman–Crippen MR) is 91.3 cm³/mol. The number of carbonyl (C=O) groups excluding carboxylic acids is 1. The fourth-order valence-electron chi connectivity index (χ4n) is 3.58. The third-order valence-electron chi connectivity index (χ3n) is 5.30. The molecule has 25 heavy (non-hydrogen) atoms. The summed E-state index contributed by atoms with van der Waals surface area (Å²) in [6.45, 7) is 7.61. The second kappa shape index (κ2) is 6.44. The Morgan fingerprint density at radius 2 is 2.00 bits per heavy atom. The Kier molecular flexibility index (Phi) is 4.62. The molecule has 3 rings (SSSR count). The maximum absolute atomic E-state index is 12.5. The molecule has 1 atom stereocenters. The Morgan fingerprint density at radius 1 is 1.32 bits per heavy atom. The zero-order valence-electron chi connectivity index (χ0n) is 15.2. The van der Waals surface area contributed by atoms with Crippen LogP contribution >= 0.6 is 0 Å². The van der Waals surface area contributed by atoms with Crippen LogP contribution in [0.1, 0.15) is 52.1 Å². The summed E-state index contributed by atoms with van der Waals surface area (Å²) < 4.78 is 7.05. The van der Waals surface area contributed by atoms with E-state index in [1.165, 1.54) is 0 Å². The van der Waals surface area contributed by atoms with Gasteiger partial charge in [-0.15, -0.1) is 0 Å². The lowest BCUT2D eigenvalue weighted by Gasteiger charge is -2.39. The summed E-state index contributed by atoms with van der Waals surface area (Å²) >= 11 is 0. The minimum atomic E-state index is -1.09. The molecular weight excluding hydrogens is 322 g/mol. The number of carbonyl (C=O) groups is 2. The van der Waals surface area contributed by atoms with Gasteiger partial charge in [-0.05, 0) is 18.9 Å². The number of likely N-dealkylation sites (tertiary alicyclic amines) is 1. The van der Waals surface area contributed by atoms with E-state index in [0.717, 1.165) is 18.5 Å². The average Bonchev–Trinajstić information content (AvgIpc) is 3.25. The first kappa shape index (κ1) is 17.9. The van der Waals surface area contributed by atoms with Gasteiger partial charge in [0.15, 0.2) is 5.54 Å². The molecule has 0 saturated carbocycles. The number of carboxylic acids is 1.